The summed E-state index contributed by atoms with van der Waals surface area (Å²) in [7, 11) is 0. The van der Waals surface area contributed by atoms with E-state index < -0.39 is 0 Å². The van der Waals surface area contributed by atoms with Crippen LogP contribution >= 0.6 is 15.9 Å². The number of halogens is 1. The Morgan fingerprint density at radius 3 is 2.13 bits per heavy atom. The Morgan fingerprint density at radius 2 is 1.47 bits per heavy atom. The monoisotopic (exact) mass is 261 g/mol. The Balaban J connectivity index is 2.59. The molecule has 0 atom stereocenters. The Labute approximate surface area is 98.1 Å². The van der Waals surface area contributed by atoms with Crippen LogP contribution in [0.5, 0.6) is 0 Å². The third kappa shape index (κ3) is 2.11. The second-order valence-corrected chi connectivity index (χ2v) is 4.20. The quantitative estimate of drug-likeness (QED) is 0.879. The van der Waals surface area contributed by atoms with E-state index in [0.29, 0.717) is 6.54 Å². The zero-order valence-corrected chi connectivity index (χ0v) is 9.87. The van der Waals surface area contributed by atoms with Gasteiger partial charge in [-0.2, -0.15) is 0 Å². The summed E-state index contributed by atoms with van der Waals surface area (Å²) in [6.07, 6.45) is 0. The molecule has 0 aromatic heterocycles. The van der Waals surface area contributed by atoms with Crippen molar-refractivity contribution in [3.63, 3.8) is 0 Å². The first-order valence-corrected chi connectivity index (χ1v) is 5.65. The fourth-order valence-electron chi connectivity index (χ4n) is 1.64. The molecule has 76 valence electrons. The van der Waals surface area contributed by atoms with Crippen LogP contribution in [0.25, 0.3) is 11.1 Å². The molecule has 2 N–H and O–H groups in total. The van der Waals surface area contributed by atoms with E-state index in [-0.39, 0.29) is 0 Å². The number of hydrogen-bond acceptors (Lipinski definition) is 1. The molecular weight excluding hydrogens is 250 g/mol. The third-order valence-corrected chi connectivity index (χ3v) is 3.09. The maximum atomic E-state index is 5.72. The standard InChI is InChI=1S/C13H12BrN/c14-13-8-4-3-7-12(13)11-6-2-1-5-10(11)9-15/h1-8H,9,15H2. The van der Waals surface area contributed by atoms with Crippen molar-refractivity contribution in [2.24, 2.45) is 5.73 Å². The molecule has 0 fully saturated rings. The van der Waals surface area contributed by atoms with Crippen LogP contribution in [-0.4, -0.2) is 0 Å². The second kappa shape index (κ2) is 4.60. The molecule has 0 saturated heterocycles. The second-order valence-electron chi connectivity index (χ2n) is 3.34. The summed E-state index contributed by atoms with van der Waals surface area (Å²) < 4.78 is 1.10. The molecule has 0 unspecified atom stereocenters. The van der Waals surface area contributed by atoms with E-state index in [4.69, 9.17) is 5.73 Å². The molecule has 0 bridgehead atoms. The van der Waals surface area contributed by atoms with E-state index in [0.717, 1.165) is 4.47 Å². The Bertz CT molecular complexity index is 466. The molecule has 2 aromatic carbocycles. The predicted octanol–water partition coefficient (Wildman–Crippen LogP) is 3.57. The SMILES string of the molecule is NCc1ccccc1-c1ccccc1Br. The minimum atomic E-state index is 0.567. The molecule has 0 heterocycles. The first kappa shape index (κ1) is 10.4. The third-order valence-electron chi connectivity index (χ3n) is 2.40. The van der Waals surface area contributed by atoms with Gasteiger partial charge in [-0.25, -0.2) is 0 Å². The van der Waals surface area contributed by atoms with Gasteiger partial charge in [-0.1, -0.05) is 58.4 Å². The van der Waals surface area contributed by atoms with Crippen molar-refractivity contribution in [1.82, 2.24) is 0 Å². The van der Waals surface area contributed by atoms with Crippen molar-refractivity contribution in [1.29, 1.82) is 0 Å². The lowest BCUT2D eigenvalue weighted by Crippen LogP contribution is -1.98. The molecule has 15 heavy (non-hydrogen) atoms. The van der Waals surface area contributed by atoms with Crippen LogP contribution in [0.1, 0.15) is 5.56 Å². The van der Waals surface area contributed by atoms with Gasteiger partial charge in [-0.15, -0.1) is 0 Å². The summed E-state index contributed by atoms with van der Waals surface area (Å²) >= 11 is 3.56. The van der Waals surface area contributed by atoms with Crippen molar-refractivity contribution in [2.75, 3.05) is 0 Å². The highest BCUT2D eigenvalue weighted by Gasteiger charge is 2.05. The molecule has 1 nitrogen and oxygen atoms in total. The molecule has 2 aromatic rings. The van der Waals surface area contributed by atoms with E-state index in [1.165, 1.54) is 16.7 Å². The van der Waals surface area contributed by atoms with E-state index in [1.807, 2.05) is 30.3 Å². The van der Waals surface area contributed by atoms with Crippen LogP contribution in [0.15, 0.2) is 53.0 Å². The Hall–Kier alpha value is -1.12. The summed E-state index contributed by atoms with van der Waals surface area (Å²) in [5.41, 5.74) is 9.29. The van der Waals surface area contributed by atoms with Crippen molar-refractivity contribution in [2.45, 2.75) is 6.54 Å². The van der Waals surface area contributed by atoms with Gasteiger partial charge in [0.2, 0.25) is 0 Å². The van der Waals surface area contributed by atoms with Gasteiger partial charge >= 0.3 is 0 Å². The summed E-state index contributed by atoms with van der Waals surface area (Å²) in [6.45, 7) is 0.567. The Kier molecular flexibility index (Phi) is 3.19. The van der Waals surface area contributed by atoms with Crippen LogP contribution in [0.3, 0.4) is 0 Å². The number of nitrogens with two attached hydrogens (primary N) is 1. The fourth-order valence-corrected chi connectivity index (χ4v) is 2.14. The van der Waals surface area contributed by atoms with Gasteiger partial charge in [0.15, 0.2) is 0 Å². The molecule has 0 aliphatic carbocycles. The largest absolute Gasteiger partial charge is 0.326 e. The summed E-state index contributed by atoms with van der Waals surface area (Å²) in [6, 6.07) is 16.4. The van der Waals surface area contributed by atoms with Gasteiger partial charge in [0.1, 0.15) is 0 Å². The highest BCUT2D eigenvalue weighted by atomic mass is 79.9. The maximum Gasteiger partial charge on any atom is 0.0253 e. The first-order chi connectivity index (χ1) is 7.33. The summed E-state index contributed by atoms with van der Waals surface area (Å²) in [4.78, 5) is 0. The van der Waals surface area contributed by atoms with E-state index in [9.17, 15) is 0 Å². The van der Waals surface area contributed by atoms with E-state index in [2.05, 4.69) is 34.1 Å². The van der Waals surface area contributed by atoms with Gasteiger partial charge in [0.05, 0.1) is 0 Å². The Morgan fingerprint density at radius 1 is 0.867 bits per heavy atom. The van der Waals surface area contributed by atoms with Crippen LogP contribution in [0, 0.1) is 0 Å². The number of hydrogen-bond donors (Lipinski definition) is 1. The van der Waals surface area contributed by atoms with Crippen molar-refractivity contribution >= 4 is 15.9 Å². The fraction of sp³-hybridized carbons (Fsp3) is 0.0769. The zero-order chi connectivity index (χ0) is 10.7. The molecule has 0 amide bonds. The smallest absolute Gasteiger partial charge is 0.0253 e. The van der Waals surface area contributed by atoms with Crippen molar-refractivity contribution in [3.8, 4) is 11.1 Å². The summed E-state index contributed by atoms with van der Waals surface area (Å²) in [5.74, 6) is 0. The molecule has 0 radical (unpaired) electrons. The lowest BCUT2D eigenvalue weighted by Gasteiger charge is -2.09. The van der Waals surface area contributed by atoms with Crippen LogP contribution in [0.2, 0.25) is 0 Å². The molecule has 0 spiro atoms. The lowest BCUT2D eigenvalue weighted by atomic mass is 10.00. The summed E-state index contributed by atoms with van der Waals surface area (Å²) in [5, 5.41) is 0. The minimum absolute atomic E-state index is 0.567. The van der Waals surface area contributed by atoms with Gasteiger partial charge in [-0.05, 0) is 22.8 Å². The van der Waals surface area contributed by atoms with Crippen molar-refractivity contribution in [3.05, 3.63) is 58.6 Å². The molecule has 0 saturated carbocycles. The highest BCUT2D eigenvalue weighted by Crippen LogP contribution is 2.30. The minimum Gasteiger partial charge on any atom is -0.326 e. The van der Waals surface area contributed by atoms with Crippen molar-refractivity contribution < 1.29 is 0 Å². The van der Waals surface area contributed by atoms with Gasteiger partial charge in [-0.3, -0.25) is 0 Å². The van der Waals surface area contributed by atoms with Gasteiger partial charge in [0, 0.05) is 11.0 Å². The molecule has 2 rings (SSSR count). The molecule has 2 heteroatoms. The van der Waals surface area contributed by atoms with Crippen LogP contribution < -0.4 is 5.73 Å². The normalized spacial score (nSPS) is 10.3. The predicted molar refractivity (Wildman–Crippen MR) is 67.5 cm³/mol. The van der Waals surface area contributed by atoms with E-state index in [1.54, 1.807) is 0 Å². The average molecular weight is 262 g/mol. The van der Waals surface area contributed by atoms with Crippen LogP contribution in [0.4, 0.5) is 0 Å². The van der Waals surface area contributed by atoms with Gasteiger partial charge < -0.3 is 5.73 Å². The lowest BCUT2D eigenvalue weighted by molar-refractivity contribution is 1.07. The maximum absolute atomic E-state index is 5.72. The van der Waals surface area contributed by atoms with Crippen LogP contribution in [-0.2, 0) is 6.54 Å². The number of benzene rings is 2. The van der Waals surface area contributed by atoms with E-state index >= 15 is 0 Å². The molecule has 0 aliphatic rings. The molecule has 0 aliphatic heterocycles. The van der Waals surface area contributed by atoms with Gasteiger partial charge in [0.25, 0.3) is 0 Å². The topological polar surface area (TPSA) is 26.0 Å². The zero-order valence-electron chi connectivity index (χ0n) is 8.28. The molecular formula is C13H12BrN. The first-order valence-electron chi connectivity index (χ1n) is 4.86. The average Bonchev–Trinajstić information content (AvgIpc) is 2.30. The highest BCUT2D eigenvalue weighted by molar-refractivity contribution is 9.10. The number of rotatable bonds is 2.